The van der Waals surface area contributed by atoms with Crippen molar-refractivity contribution in [1.29, 1.82) is 0 Å². The van der Waals surface area contributed by atoms with Gasteiger partial charge in [0, 0.05) is 10.7 Å². The lowest BCUT2D eigenvalue weighted by Crippen LogP contribution is -2.15. The molecule has 0 fully saturated rings. The van der Waals surface area contributed by atoms with Gasteiger partial charge in [0.05, 0.1) is 5.69 Å². The Morgan fingerprint density at radius 2 is 1.68 bits per heavy atom. The summed E-state index contributed by atoms with van der Waals surface area (Å²) in [7, 11) is 0. The van der Waals surface area contributed by atoms with Crippen LogP contribution in [0.5, 0.6) is 11.5 Å². The molecule has 0 amide bonds. The molecule has 0 aromatic heterocycles. The summed E-state index contributed by atoms with van der Waals surface area (Å²) in [5, 5.41) is 0. The Kier molecular flexibility index (Phi) is 3.51. The largest absolute Gasteiger partial charge is 0.486 e. The Hall–Kier alpha value is -1.81. The molecular weight excluding hydrogens is 306 g/mol. The molecule has 1 aliphatic rings. The average Bonchev–Trinajstić information content (AvgIpc) is 2.46. The second-order valence-corrected chi connectivity index (χ2v) is 5.05. The number of halogens is 1. The number of rotatable bonds is 2. The van der Waals surface area contributed by atoms with Crippen LogP contribution in [0.15, 0.2) is 51.9 Å². The van der Waals surface area contributed by atoms with Crippen LogP contribution < -0.4 is 9.47 Å². The molecule has 96 valence electrons. The molecule has 0 saturated carbocycles. The highest BCUT2D eigenvalue weighted by Gasteiger charge is 2.10. The first-order chi connectivity index (χ1) is 9.31. The minimum absolute atomic E-state index is 0.598. The predicted molar refractivity (Wildman–Crippen MR) is 78.8 cm³/mol. The van der Waals surface area contributed by atoms with Crippen LogP contribution in [-0.2, 0) is 0 Å². The van der Waals surface area contributed by atoms with E-state index in [9.17, 15) is 0 Å². The summed E-state index contributed by atoms with van der Waals surface area (Å²) in [6, 6.07) is 13.7. The number of hydrogen-bond acceptors (Lipinski definition) is 3. The van der Waals surface area contributed by atoms with Gasteiger partial charge in [-0.3, -0.25) is 4.99 Å². The SMILES string of the molecule is Brc1ccc(N=Cc2ccc3c(c2)OCCO3)cc1. The number of nitrogens with zero attached hydrogens (tertiary/aromatic N) is 1. The van der Waals surface area contributed by atoms with Crippen LogP contribution >= 0.6 is 15.9 Å². The van der Waals surface area contributed by atoms with E-state index in [-0.39, 0.29) is 0 Å². The first-order valence-electron chi connectivity index (χ1n) is 6.00. The van der Waals surface area contributed by atoms with E-state index in [2.05, 4.69) is 20.9 Å². The molecule has 0 radical (unpaired) electrons. The van der Waals surface area contributed by atoms with Gasteiger partial charge in [0.15, 0.2) is 11.5 Å². The highest BCUT2D eigenvalue weighted by molar-refractivity contribution is 9.10. The zero-order valence-electron chi connectivity index (χ0n) is 10.2. The maximum atomic E-state index is 5.54. The van der Waals surface area contributed by atoms with E-state index in [1.165, 1.54) is 0 Å². The Labute approximate surface area is 120 Å². The van der Waals surface area contributed by atoms with Gasteiger partial charge >= 0.3 is 0 Å². The Morgan fingerprint density at radius 3 is 2.47 bits per heavy atom. The molecule has 3 rings (SSSR count). The van der Waals surface area contributed by atoms with Crippen molar-refractivity contribution in [3.63, 3.8) is 0 Å². The molecule has 0 bridgehead atoms. The van der Waals surface area contributed by atoms with E-state index in [1.807, 2.05) is 48.7 Å². The smallest absolute Gasteiger partial charge is 0.162 e. The van der Waals surface area contributed by atoms with Crippen molar-refractivity contribution in [2.45, 2.75) is 0 Å². The van der Waals surface area contributed by atoms with Gasteiger partial charge in [-0.25, -0.2) is 0 Å². The summed E-state index contributed by atoms with van der Waals surface area (Å²) in [5.41, 5.74) is 1.91. The first kappa shape index (κ1) is 12.2. The molecule has 4 heteroatoms. The van der Waals surface area contributed by atoms with E-state index in [1.54, 1.807) is 0 Å². The third kappa shape index (κ3) is 2.96. The van der Waals surface area contributed by atoms with Crippen LogP contribution in [0.1, 0.15) is 5.56 Å². The lowest BCUT2D eigenvalue weighted by atomic mass is 10.2. The number of benzene rings is 2. The Bertz CT molecular complexity index is 608. The fraction of sp³-hybridized carbons (Fsp3) is 0.133. The van der Waals surface area contributed by atoms with Crippen molar-refractivity contribution >= 4 is 27.8 Å². The van der Waals surface area contributed by atoms with Crippen molar-refractivity contribution in [2.75, 3.05) is 13.2 Å². The molecular formula is C15H12BrNO2. The van der Waals surface area contributed by atoms with Crippen LogP contribution in [0.2, 0.25) is 0 Å². The number of ether oxygens (including phenoxy) is 2. The number of fused-ring (bicyclic) bond motifs is 1. The van der Waals surface area contributed by atoms with Gasteiger partial charge in [0.1, 0.15) is 13.2 Å². The number of hydrogen-bond donors (Lipinski definition) is 0. The van der Waals surface area contributed by atoms with Gasteiger partial charge in [0.2, 0.25) is 0 Å². The van der Waals surface area contributed by atoms with Crippen LogP contribution in [0.3, 0.4) is 0 Å². The summed E-state index contributed by atoms with van der Waals surface area (Å²) in [5.74, 6) is 1.58. The summed E-state index contributed by atoms with van der Waals surface area (Å²) < 4.78 is 12.1. The molecule has 3 nitrogen and oxygen atoms in total. The maximum Gasteiger partial charge on any atom is 0.162 e. The van der Waals surface area contributed by atoms with Gasteiger partial charge in [0.25, 0.3) is 0 Å². The molecule has 0 atom stereocenters. The zero-order chi connectivity index (χ0) is 13.1. The lowest BCUT2D eigenvalue weighted by molar-refractivity contribution is 0.171. The van der Waals surface area contributed by atoms with E-state index in [4.69, 9.17) is 9.47 Å². The van der Waals surface area contributed by atoms with Crippen molar-refractivity contribution in [2.24, 2.45) is 4.99 Å². The van der Waals surface area contributed by atoms with E-state index in [0.29, 0.717) is 13.2 Å². The monoisotopic (exact) mass is 317 g/mol. The third-order valence-electron chi connectivity index (χ3n) is 2.76. The predicted octanol–water partition coefficient (Wildman–Crippen LogP) is 3.97. The fourth-order valence-electron chi connectivity index (χ4n) is 1.82. The highest BCUT2D eigenvalue weighted by Crippen LogP contribution is 2.30. The first-order valence-corrected chi connectivity index (χ1v) is 6.80. The molecule has 0 N–H and O–H groups in total. The summed E-state index contributed by atoms with van der Waals surface area (Å²) in [6.07, 6.45) is 1.82. The quantitative estimate of drug-likeness (QED) is 0.785. The zero-order valence-corrected chi connectivity index (χ0v) is 11.8. The lowest BCUT2D eigenvalue weighted by Gasteiger charge is -2.18. The second-order valence-electron chi connectivity index (χ2n) is 4.14. The van der Waals surface area contributed by atoms with E-state index in [0.717, 1.165) is 27.2 Å². The van der Waals surface area contributed by atoms with Gasteiger partial charge in [-0.05, 0) is 48.0 Å². The van der Waals surface area contributed by atoms with Crippen molar-refractivity contribution in [3.05, 3.63) is 52.5 Å². The summed E-state index contributed by atoms with van der Waals surface area (Å²) in [4.78, 5) is 4.42. The molecule has 1 heterocycles. The van der Waals surface area contributed by atoms with Crippen molar-refractivity contribution in [1.82, 2.24) is 0 Å². The van der Waals surface area contributed by atoms with Crippen LogP contribution in [-0.4, -0.2) is 19.4 Å². The van der Waals surface area contributed by atoms with Crippen LogP contribution in [0, 0.1) is 0 Å². The topological polar surface area (TPSA) is 30.8 Å². The highest BCUT2D eigenvalue weighted by atomic mass is 79.9. The molecule has 0 saturated heterocycles. The molecule has 2 aromatic carbocycles. The molecule has 0 unspecified atom stereocenters. The second kappa shape index (κ2) is 5.45. The van der Waals surface area contributed by atoms with Crippen LogP contribution in [0.25, 0.3) is 0 Å². The fourth-order valence-corrected chi connectivity index (χ4v) is 2.08. The summed E-state index contributed by atoms with van der Waals surface area (Å²) >= 11 is 3.40. The van der Waals surface area contributed by atoms with E-state index >= 15 is 0 Å². The molecule has 1 aliphatic heterocycles. The van der Waals surface area contributed by atoms with Gasteiger partial charge in [-0.2, -0.15) is 0 Å². The molecule has 2 aromatic rings. The normalized spacial score (nSPS) is 13.7. The van der Waals surface area contributed by atoms with Gasteiger partial charge < -0.3 is 9.47 Å². The van der Waals surface area contributed by atoms with Crippen molar-refractivity contribution in [3.8, 4) is 11.5 Å². The minimum Gasteiger partial charge on any atom is -0.486 e. The van der Waals surface area contributed by atoms with Gasteiger partial charge in [-0.1, -0.05) is 15.9 Å². The molecule has 0 spiro atoms. The molecule has 0 aliphatic carbocycles. The standard InChI is InChI=1S/C15H12BrNO2/c16-12-2-4-13(5-3-12)17-10-11-1-6-14-15(9-11)19-8-7-18-14/h1-6,9-10H,7-8H2. The molecule has 19 heavy (non-hydrogen) atoms. The van der Waals surface area contributed by atoms with Crippen molar-refractivity contribution < 1.29 is 9.47 Å². The van der Waals surface area contributed by atoms with E-state index < -0.39 is 0 Å². The minimum atomic E-state index is 0.598. The van der Waals surface area contributed by atoms with Gasteiger partial charge in [-0.15, -0.1) is 0 Å². The third-order valence-corrected chi connectivity index (χ3v) is 3.28. The Morgan fingerprint density at radius 1 is 0.947 bits per heavy atom. The number of aliphatic imine (C=N–C) groups is 1. The Balaban J connectivity index is 1.81. The van der Waals surface area contributed by atoms with Crippen LogP contribution in [0.4, 0.5) is 5.69 Å². The average molecular weight is 318 g/mol. The maximum absolute atomic E-state index is 5.54. The summed E-state index contributed by atoms with van der Waals surface area (Å²) in [6.45, 7) is 1.21.